The number of imidazole rings is 1. The average Bonchev–Trinajstić information content (AvgIpc) is 3.17. The van der Waals surface area contributed by atoms with Gasteiger partial charge in [-0.25, -0.2) is 9.13 Å². The standard InChI is InChI=1S/C19H22N5O/c1-22-17-5-3-4-6-18(17)23(2)19(22)21-20-14-7-9-15(10-8-14)24-12-11-16(25)13-24/h3-10,16,25H,11-13H2,1-2H3/q+1. The van der Waals surface area contributed by atoms with Gasteiger partial charge in [-0.15, -0.1) is 0 Å². The fraction of sp³-hybridized carbons (Fsp3) is 0.316. The number of β-amino-alcohol motifs (C(OH)–C–C–N with tert-alkyl or cyclic N) is 1. The van der Waals surface area contributed by atoms with Crippen molar-refractivity contribution >= 4 is 28.4 Å². The number of rotatable bonds is 3. The van der Waals surface area contributed by atoms with E-state index >= 15 is 0 Å². The molecule has 6 nitrogen and oxygen atoms in total. The number of hydrogen-bond donors (Lipinski definition) is 1. The van der Waals surface area contributed by atoms with Crippen molar-refractivity contribution in [3.63, 3.8) is 0 Å². The molecule has 1 fully saturated rings. The molecule has 0 saturated carbocycles. The summed E-state index contributed by atoms with van der Waals surface area (Å²) in [5, 5.41) is 18.5. The molecular formula is C19H22N5O+. The number of nitrogens with zero attached hydrogens (tertiary/aromatic N) is 5. The number of aliphatic hydroxyl groups is 1. The molecule has 0 amide bonds. The predicted molar refractivity (Wildman–Crippen MR) is 97.5 cm³/mol. The van der Waals surface area contributed by atoms with E-state index in [1.54, 1.807) is 0 Å². The van der Waals surface area contributed by atoms with E-state index in [2.05, 4.69) is 27.3 Å². The van der Waals surface area contributed by atoms with E-state index in [4.69, 9.17) is 0 Å². The molecule has 0 aliphatic carbocycles. The third-order valence-electron chi connectivity index (χ3n) is 4.84. The fourth-order valence-corrected chi connectivity index (χ4v) is 3.41. The quantitative estimate of drug-likeness (QED) is 0.590. The van der Waals surface area contributed by atoms with Crippen LogP contribution in [0.2, 0.25) is 0 Å². The van der Waals surface area contributed by atoms with E-state index in [0.717, 1.165) is 41.3 Å². The number of aliphatic hydroxyl groups excluding tert-OH is 1. The topological polar surface area (TPSA) is 57.0 Å². The van der Waals surface area contributed by atoms with Crippen LogP contribution in [0.4, 0.5) is 17.3 Å². The van der Waals surface area contributed by atoms with Crippen LogP contribution in [-0.4, -0.2) is 28.9 Å². The lowest BCUT2D eigenvalue weighted by Gasteiger charge is -2.17. The molecule has 1 aromatic heterocycles. The van der Waals surface area contributed by atoms with Crippen LogP contribution in [0.1, 0.15) is 6.42 Å². The first-order chi connectivity index (χ1) is 12.1. The number of azo groups is 1. The maximum Gasteiger partial charge on any atom is 0.422 e. The number of aryl methyl sites for hydroxylation is 2. The largest absolute Gasteiger partial charge is 0.422 e. The van der Waals surface area contributed by atoms with Crippen molar-refractivity contribution in [1.29, 1.82) is 0 Å². The van der Waals surface area contributed by atoms with E-state index in [0.29, 0.717) is 6.54 Å². The van der Waals surface area contributed by atoms with Gasteiger partial charge in [0.1, 0.15) is 16.7 Å². The minimum absolute atomic E-state index is 0.217. The molecule has 0 bridgehead atoms. The summed E-state index contributed by atoms with van der Waals surface area (Å²) >= 11 is 0. The number of fused-ring (bicyclic) bond motifs is 1. The van der Waals surface area contributed by atoms with Crippen LogP contribution in [0.5, 0.6) is 0 Å². The maximum atomic E-state index is 9.66. The highest BCUT2D eigenvalue weighted by atomic mass is 16.3. The molecule has 0 spiro atoms. The van der Waals surface area contributed by atoms with Crippen molar-refractivity contribution in [3.8, 4) is 0 Å². The SMILES string of the molecule is Cn1c(N=Nc2ccc(N3CCC(O)C3)cc2)[n+](C)c2ccccc21. The number of para-hydroxylation sites is 2. The summed E-state index contributed by atoms with van der Waals surface area (Å²) in [6.45, 7) is 1.60. The predicted octanol–water partition coefficient (Wildman–Crippen LogP) is 2.99. The van der Waals surface area contributed by atoms with Gasteiger partial charge in [-0.1, -0.05) is 17.2 Å². The Labute approximate surface area is 146 Å². The van der Waals surface area contributed by atoms with Crippen molar-refractivity contribution in [2.45, 2.75) is 12.5 Å². The van der Waals surface area contributed by atoms with Crippen molar-refractivity contribution in [1.82, 2.24) is 4.57 Å². The summed E-state index contributed by atoms with van der Waals surface area (Å²) in [5.74, 6) is 0.799. The van der Waals surface area contributed by atoms with Gasteiger partial charge in [-0.05, 0) is 42.8 Å². The van der Waals surface area contributed by atoms with Crippen LogP contribution in [0, 0.1) is 0 Å². The van der Waals surface area contributed by atoms with E-state index in [1.807, 2.05) is 59.6 Å². The molecule has 4 rings (SSSR count). The summed E-state index contributed by atoms with van der Waals surface area (Å²) in [6.07, 6.45) is 0.616. The molecule has 1 saturated heterocycles. The zero-order valence-electron chi connectivity index (χ0n) is 14.5. The average molecular weight is 336 g/mol. The maximum absolute atomic E-state index is 9.66. The third kappa shape index (κ3) is 2.89. The molecular weight excluding hydrogens is 314 g/mol. The zero-order valence-corrected chi connectivity index (χ0v) is 14.5. The second-order valence-corrected chi connectivity index (χ2v) is 6.51. The third-order valence-corrected chi connectivity index (χ3v) is 4.84. The molecule has 0 radical (unpaired) electrons. The molecule has 2 heterocycles. The minimum atomic E-state index is -0.217. The molecule has 2 aromatic carbocycles. The molecule has 1 unspecified atom stereocenters. The van der Waals surface area contributed by atoms with Crippen molar-refractivity contribution in [2.75, 3.05) is 18.0 Å². The normalized spacial score (nSPS) is 17.9. The van der Waals surface area contributed by atoms with Gasteiger partial charge in [0, 0.05) is 23.9 Å². The van der Waals surface area contributed by atoms with Gasteiger partial charge in [0.15, 0.2) is 0 Å². The van der Waals surface area contributed by atoms with Crippen LogP contribution in [0.3, 0.4) is 0 Å². The molecule has 1 aliphatic rings. The zero-order chi connectivity index (χ0) is 17.4. The Hall–Kier alpha value is -2.73. The fourth-order valence-electron chi connectivity index (χ4n) is 3.41. The number of anilines is 1. The van der Waals surface area contributed by atoms with Gasteiger partial charge < -0.3 is 10.0 Å². The van der Waals surface area contributed by atoms with Crippen LogP contribution >= 0.6 is 0 Å². The first kappa shape index (κ1) is 15.8. The van der Waals surface area contributed by atoms with E-state index in [-0.39, 0.29) is 6.10 Å². The van der Waals surface area contributed by atoms with E-state index in [1.165, 1.54) is 0 Å². The number of benzene rings is 2. The molecule has 1 aliphatic heterocycles. The van der Waals surface area contributed by atoms with Gasteiger partial charge in [-0.2, -0.15) is 0 Å². The summed E-state index contributed by atoms with van der Waals surface area (Å²) in [4.78, 5) is 2.19. The molecule has 3 aromatic rings. The first-order valence-corrected chi connectivity index (χ1v) is 8.52. The van der Waals surface area contributed by atoms with Gasteiger partial charge in [0.25, 0.3) is 0 Å². The minimum Gasteiger partial charge on any atom is -0.391 e. The van der Waals surface area contributed by atoms with Crippen LogP contribution in [0.15, 0.2) is 58.8 Å². The monoisotopic (exact) mass is 336 g/mol. The smallest absolute Gasteiger partial charge is 0.391 e. The Bertz CT molecular complexity index is 890. The highest BCUT2D eigenvalue weighted by Crippen LogP contribution is 2.25. The van der Waals surface area contributed by atoms with Gasteiger partial charge >= 0.3 is 5.95 Å². The number of aromatic nitrogens is 2. The van der Waals surface area contributed by atoms with Crippen molar-refractivity contribution in [2.24, 2.45) is 24.3 Å². The van der Waals surface area contributed by atoms with Crippen molar-refractivity contribution in [3.05, 3.63) is 48.5 Å². The number of hydrogen-bond acceptors (Lipinski definition) is 4. The Morgan fingerprint density at radius 3 is 2.52 bits per heavy atom. The van der Waals surface area contributed by atoms with Crippen molar-refractivity contribution < 1.29 is 9.67 Å². The highest BCUT2D eigenvalue weighted by Gasteiger charge is 2.21. The second kappa shape index (κ2) is 6.29. The lowest BCUT2D eigenvalue weighted by molar-refractivity contribution is -0.632. The Morgan fingerprint density at radius 1 is 1.08 bits per heavy atom. The molecule has 25 heavy (non-hydrogen) atoms. The Balaban J connectivity index is 1.58. The molecule has 6 heteroatoms. The van der Waals surface area contributed by atoms with Gasteiger partial charge in [-0.3, -0.25) is 0 Å². The lowest BCUT2D eigenvalue weighted by Crippen LogP contribution is -2.26. The van der Waals surface area contributed by atoms with Gasteiger partial charge in [0.05, 0.1) is 20.2 Å². The van der Waals surface area contributed by atoms with Crippen LogP contribution in [-0.2, 0) is 14.1 Å². The molecule has 128 valence electrons. The first-order valence-electron chi connectivity index (χ1n) is 8.52. The summed E-state index contributed by atoms with van der Waals surface area (Å²) < 4.78 is 4.08. The lowest BCUT2D eigenvalue weighted by atomic mass is 10.2. The molecule has 1 N–H and O–H groups in total. The summed E-state index contributed by atoms with van der Waals surface area (Å²) in [6, 6.07) is 16.2. The highest BCUT2D eigenvalue weighted by molar-refractivity contribution is 5.73. The Kier molecular flexibility index (Phi) is 3.97. The Morgan fingerprint density at radius 2 is 1.84 bits per heavy atom. The van der Waals surface area contributed by atoms with Crippen LogP contribution < -0.4 is 9.47 Å². The summed E-state index contributed by atoms with van der Waals surface area (Å²) in [5.41, 5.74) is 4.18. The van der Waals surface area contributed by atoms with E-state index in [9.17, 15) is 5.11 Å². The second-order valence-electron chi connectivity index (χ2n) is 6.51. The molecule has 1 atom stereocenters. The van der Waals surface area contributed by atoms with E-state index < -0.39 is 0 Å². The van der Waals surface area contributed by atoms with Crippen LogP contribution in [0.25, 0.3) is 11.0 Å². The summed E-state index contributed by atoms with van der Waals surface area (Å²) in [7, 11) is 4.00. The van der Waals surface area contributed by atoms with Gasteiger partial charge in [0.2, 0.25) is 0 Å².